The predicted octanol–water partition coefficient (Wildman–Crippen LogP) is 2.41. The molecule has 0 radical (unpaired) electrons. The average Bonchev–Trinajstić information content (AvgIpc) is 2.86. The van der Waals surface area contributed by atoms with Gasteiger partial charge in [0.1, 0.15) is 11.6 Å². The number of hydrogen-bond acceptors (Lipinski definition) is 3. The predicted molar refractivity (Wildman–Crippen MR) is 69.3 cm³/mol. The zero-order chi connectivity index (χ0) is 16.3. The number of nitrogens with one attached hydrogen (secondary N) is 1. The molecule has 0 unspecified atom stereocenters. The van der Waals surface area contributed by atoms with Crippen LogP contribution in [0.5, 0.6) is 5.75 Å². The first kappa shape index (κ1) is 16.1. The molecule has 2 N–H and O–H groups in total. The van der Waals surface area contributed by atoms with Crippen LogP contribution in [0.15, 0.2) is 18.2 Å². The van der Waals surface area contributed by atoms with Gasteiger partial charge in [-0.2, -0.15) is 8.78 Å². The standard InChI is InChI=1S/C14H14F3NO4/c15-8-2-4-10(11(6-8)22-14(16)17)12(19)18-9-3-1-7(5-9)13(20)21/h2,4,6-7,9,14H,1,3,5H2,(H,18,19)(H,20,21)/t7-,9+/m0/s1. The Bertz CT molecular complexity index is 579. The van der Waals surface area contributed by atoms with Gasteiger partial charge in [-0.25, -0.2) is 4.39 Å². The number of halogens is 3. The molecule has 1 fully saturated rings. The van der Waals surface area contributed by atoms with Gasteiger partial charge in [0.2, 0.25) is 0 Å². The Balaban J connectivity index is 2.08. The average molecular weight is 317 g/mol. The van der Waals surface area contributed by atoms with Crippen LogP contribution < -0.4 is 10.1 Å². The smallest absolute Gasteiger partial charge is 0.387 e. The van der Waals surface area contributed by atoms with Gasteiger partial charge < -0.3 is 15.2 Å². The zero-order valence-corrected chi connectivity index (χ0v) is 11.4. The van der Waals surface area contributed by atoms with E-state index < -0.39 is 36.0 Å². The molecule has 1 aromatic rings. The first-order valence-corrected chi connectivity index (χ1v) is 6.65. The van der Waals surface area contributed by atoms with Crippen LogP contribution in [0.1, 0.15) is 29.6 Å². The molecule has 2 atom stereocenters. The Morgan fingerprint density at radius 1 is 1.32 bits per heavy atom. The first-order valence-electron chi connectivity index (χ1n) is 6.65. The van der Waals surface area contributed by atoms with Crippen molar-refractivity contribution in [3.8, 4) is 5.75 Å². The number of hydrogen-bond donors (Lipinski definition) is 2. The number of carboxylic acids is 1. The van der Waals surface area contributed by atoms with E-state index in [0.717, 1.165) is 12.1 Å². The van der Waals surface area contributed by atoms with Gasteiger partial charge in [0, 0.05) is 12.1 Å². The fourth-order valence-electron chi connectivity index (χ4n) is 2.48. The van der Waals surface area contributed by atoms with Gasteiger partial charge in [-0.1, -0.05) is 0 Å². The highest BCUT2D eigenvalue weighted by Crippen LogP contribution is 2.27. The van der Waals surface area contributed by atoms with Gasteiger partial charge in [0.25, 0.3) is 5.91 Å². The summed E-state index contributed by atoms with van der Waals surface area (Å²) in [5, 5.41) is 11.5. The molecular formula is C14H14F3NO4. The Hall–Kier alpha value is -2.25. The summed E-state index contributed by atoms with van der Waals surface area (Å²) in [6.45, 7) is -3.18. The molecule has 120 valence electrons. The first-order chi connectivity index (χ1) is 10.4. The lowest BCUT2D eigenvalue weighted by atomic mass is 10.1. The molecule has 0 bridgehead atoms. The summed E-state index contributed by atoms with van der Waals surface area (Å²) < 4.78 is 41.8. The molecule has 0 saturated heterocycles. The maximum Gasteiger partial charge on any atom is 0.387 e. The summed E-state index contributed by atoms with van der Waals surface area (Å²) in [5.74, 6) is -3.53. The number of ether oxygens (including phenoxy) is 1. The van der Waals surface area contributed by atoms with Gasteiger partial charge in [-0.15, -0.1) is 0 Å². The number of carbonyl (C=O) groups is 2. The van der Waals surface area contributed by atoms with Crippen molar-refractivity contribution < 1.29 is 32.6 Å². The van der Waals surface area contributed by atoms with E-state index in [1.54, 1.807) is 0 Å². The molecule has 1 aliphatic rings. The second-order valence-corrected chi connectivity index (χ2v) is 5.04. The number of benzene rings is 1. The number of carboxylic acid groups (broad SMARTS) is 1. The topological polar surface area (TPSA) is 75.6 Å². The van der Waals surface area contributed by atoms with Gasteiger partial charge in [-0.3, -0.25) is 9.59 Å². The van der Waals surface area contributed by atoms with Crippen LogP contribution in [-0.4, -0.2) is 29.6 Å². The van der Waals surface area contributed by atoms with E-state index in [2.05, 4.69) is 10.1 Å². The van der Waals surface area contributed by atoms with Crippen molar-refractivity contribution in [3.63, 3.8) is 0 Å². The van der Waals surface area contributed by atoms with E-state index in [9.17, 15) is 22.8 Å². The number of carbonyl (C=O) groups excluding carboxylic acids is 1. The Morgan fingerprint density at radius 3 is 2.64 bits per heavy atom. The minimum absolute atomic E-state index is 0.222. The highest BCUT2D eigenvalue weighted by atomic mass is 19.3. The fourth-order valence-corrected chi connectivity index (χ4v) is 2.48. The minimum atomic E-state index is -3.18. The van der Waals surface area contributed by atoms with Crippen molar-refractivity contribution in [2.24, 2.45) is 5.92 Å². The molecule has 22 heavy (non-hydrogen) atoms. The van der Waals surface area contributed by atoms with Crippen molar-refractivity contribution in [3.05, 3.63) is 29.6 Å². The maximum atomic E-state index is 13.1. The van der Waals surface area contributed by atoms with Crippen molar-refractivity contribution >= 4 is 11.9 Å². The lowest BCUT2D eigenvalue weighted by Gasteiger charge is -2.15. The lowest BCUT2D eigenvalue weighted by molar-refractivity contribution is -0.141. The van der Waals surface area contributed by atoms with Crippen molar-refractivity contribution in [2.75, 3.05) is 0 Å². The number of rotatable bonds is 5. The van der Waals surface area contributed by atoms with Crippen molar-refractivity contribution in [1.82, 2.24) is 5.32 Å². The van der Waals surface area contributed by atoms with Crippen molar-refractivity contribution in [1.29, 1.82) is 0 Å². The van der Waals surface area contributed by atoms with E-state index >= 15 is 0 Å². The molecule has 8 heteroatoms. The quantitative estimate of drug-likeness (QED) is 0.874. The van der Waals surface area contributed by atoms with Crippen LogP contribution in [-0.2, 0) is 4.79 Å². The number of aliphatic carboxylic acids is 1. The summed E-state index contributed by atoms with van der Waals surface area (Å²) in [7, 11) is 0. The largest absolute Gasteiger partial charge is 0.481 e. The molecule has 5 nitrogen and oxygen atoms in total. The van der Waals surface area contributed by atoms with E-state index in [1.807, 2.05) is 0 Å². The van der Waals surface area contributed by atoms with Gasteiger partial charge in [0.05, 0.1) is 11.5 Å². The van der Waals surface area contributed by atoms with Gasteiger partial charge in [0.15, 0.2) is 0 Å². The molecule has 0 heterocycles. The summed E-state index contributed by atoms with van der Waals surface area (Å²) in [6, 6.07) is 2.35. The zero-order valence-electron chi connectivity index (χ0n) is 11.4. The molecule has 1 aliphatic carbocycles. The SMILES string of the molecule is O=C(N[C@@H]1CC[C@H](C(=O)O)C1)c1ccc(F)cc1OC(F)F. The highest BCUT2D eigenvalue weighted by Gasteiger charge is 2.31. The van der Waals surface area contributed by atoms with Crippen molar-refractivity contribution in [2.45, 2.75) is 31.9 Å². The summed E-state index contributed by atoms with van der Waals surface area (Å²) in [4.78, 5) is 22.9. The molecule has 1 amide bonds. The van der Waals surface area contributed by atoms with Crippen LogP contribution >= 0.6 is 0 Å². The Morgan fingerprint density at radius 2 is 2.05 bits per heavy atom. The normalized spacial score (nSPS) is 20.9. The Labute approximate surface area is 124 Å². The fraction of sp³-hybridized carbons (Fsp3) is 0.429. The van der Waals surface area contributed by atoms with E-state index in [0.29, 0.717) is 18.9 Å². The Kier molecular flexibility index (Phi) is 4.89. The second-order valence-electron chi connectivity index (χ2n) is 5.04. The van der Waals surface area contributed by atoms with E-state index in [4.69, 9.17) is 5.11 Å². The summed E-state index contributed by atoms with van der Waals surface area (Å²) in [6.07, 6.45) is 1.19. The van der Waals surface area contributed by atoms with E-state index in [1.165, 1.54) is 0 Å². The third-order valence-corrected chi connectivity index (χ3v) is 3.52. The molecule has 0 aliphatic heterocycles. The van der Waals surface area contributed by atoms with Gasteiger partial charge in [-0.05, 0) is 31.4 Å². The molecule has 1 aromatic carbocycles. The third-order valence-electron chi connectivity index (χ3n) is 3.52. The van der Waals surface area contributed by atoms with Crippen LogP contribution in [0.2, 0.25) is 0 Å². The molecule has 0 aromatic heterocycles. The van der Waals surface area contributed by atoms with E-state index in [-0.39, 0.29) is 18.0 Å². The minimum Gasteiger partial charge on any atom is -0.481 e. The van der Waals surface area contributed by atoms with Crippen LogP contribution in [0.3, 0.4) is 0 Å². The third kappa shape index (κ3) is 3.90. The summed E-state index contributed by atoms with van der Waals surface area (Å²) >= 11 is 0. The highest BCUT2D eigenvalue weighted by molar-refractivity contribution is 5.97. The second kappa shape index (κ2) is 6.67. The van der Waals surface area contributed by atoms with Crippen LogP contribution in [0, 0.1) is 11.7 Å². The van der Waals surface area contributed by atoms with Gasteiger partial charge >= 0.3 is 12.6 Å². The number of alkyl halides is 2. The molecule has 2 rings (SSSR count). The molecular weight excluding hydrogens is 303 g/mol. The lowest BCUT2D eigenvalue weighted by Crippen LogP contribution is -2.33. The monoisotopic (exact) mass is 317 g/mol. The maximum absolute atomic E-state index is 13.1. The number of amides is 1. The van der Waals surface area contributed by atoms with Crippen LogP contribution in [0.4, 0.5) is 13.2 Å². The summed E-state index contributed by atoms with van der Waals surface area (Å²) in [5.41, 5.74) is -0.222. The molecule has 1 saturated carbocycles. The van der Waals surface area contributed by atoms with Crippen LogP contribution in [0.25, 0.3) is 0 Å². The molecule has 0 spiro atoms.